The zero-order chi connectivity index (χ0) is 24.4. The van der Waals surface area contributed by atoms with Gasteiger partial charge in [-0.15, -0.1) is 0 Å². The summed E-state index contributed by atoms with van der Waals surface area (Å²) >= 11 is 0. The van der Waals surface area contributed by atoms with E-state index >= 15 is 0 Å². The van der Waals surface area contributed by atoms with E-state index in [0.29, 0.717) is 17.9 Å². The summed E-state index contributed by atoms with van der Waals surface area (Å²) in [5, 5.41) is 21.5. The third-order valence-corrected chi connectivity index (χ3v) is 6.75. The van der Waals surface area contributed by atoms with Crippen molar-refractivity contribution in [3.8, 4) is 11.5 Å². The molecule has 2 nitrogen and oxygen atoms in total. The summed E-state index contributed by atoms with van der Waals surface area (Å²) < 4.78 is 0. The fourth-order valence-electron chi connectivity index (χ4n) is 4.75. The van der Waals surface area contributed by atoms with Gasteiger partial charge in [-0.1, -0.05) is 90.5 Å². The molecule has 0 radical (unpaired) electrons. The molecule has 0 fully saturated rings. The maximum absolute atomic E-state index is 10.7. The van der Waals surface area contributed by atoms with Crippen LogP contribution in [0.3, 0.4) is 0 Å². The molecule has 2 rings (SSSR count). The predicted octanol–water partition coefficient (Wildman–Crippen LogP) is 8.82. The number of aromatic hydroxyl groups is 2. The van der Waals surface area contributed by atoms with Crippen LogP contribution in [0, 0.1) is 25.7 Å². The summed E-state index contributed by atoms with van der Waals surface area (Å²) in [6.45, 7) is 13.1. The number of hydrogen-bond acceptors (Lipinski definition) is 2. The van der Waals surface area contributed by atoms with Gasteiger partial charge in [0.2, 0.25) is 0 Å². The average molecular weight is 453 g/mol. The molecule has 0 aliphatic heterocycles. The van der Waals surface area contributed by atoms with Crippen molar-refractivity contribution in [3.05, 3.63) is 57.6 Å². The minimum Gasteiger partial charge on any atom is -0.507 e. The molecule has 33 heavy (non-hydrogen) atoms. The van der Waals surface area contributed by atoms with Crippen LogP contribution >= 0.6 is 0 Å². The van der Waals surface area contributed by atoms with E-state index in [9.17, 15) is 10.2 Å². The van der Waals surface area contributed by atoms with Crippen LogP contribution in [0.2, 0.25) is 0 Å². The molecule has 0 amide bonds. The van der Waals surface area contributed by atoms with E-state index < -0.39 is 0 Å². The summed E-state index contributed by atoms with van der Waals surface area (Å²) in [6, 6.07) is 8.55. The normalized spacial score (nSPS) is 11.6. The van der Waals surface area contributed by atoms with Gasteiger partial charge in [0.05, 0.1) is 0 Å². The molecule has 0 aliphatic carbocycles. The monoisotopic (exact) mass is 452 g/mol. The van der Waals surface area contributed by atoms with Crippen molar-refractivity contribution in [2.24, 2.45) is 11.8 Å². The Labute approximate surface area is 203 Å². The second kappa shape index (κ2) is 13.7. The zero-order valence-electron chi connectivity index (χ0n) is 22.1. The lowest BCUT2D eigenvalue weighted by Gasteiger charge is -2.15. The standard InChI is InChI=1S/C31H48O2/c1-22(2)13-9-7-11-15-26-17-24(5)30(32)28(19-26)21-29-20-27(18-25(6)31(29)33)16-12-8-10-14-23(3)4/h17-20,22-23,32-33H,7-16,21H2,1-6H3. The maximum atomic E-state index is 10.7. The Bertz CT molecular complexity index is 792. The molecular formula is C31H48O2. The third kappa shape index (κ3) is 9.43. The van der Waals surface area contributed by atoms with Gasteiger partial charge in [0.15, 0.2) is 0 Å². The first-order valence-corrected chi connectivity index (χ1v) is 13.3. The molecule has 0 saturated carbocycles. The van der Waals surface area contributed by atoms with Gasteiger partial charge in [0.25, 0.3) is 0 Å². The van der Waals surface area contributed by atoms with E-state index in [1.807, 2.05) is 13.8 Å². The number of aryl methyl sites for hydroxylation is 4. The molecule has 0 atom stereocenters. The summed E-state index contributed by atoms with van der Waals surface area (Å²) in [6.07, 6.45) is 12.7. The Morgan fingerprint density at radius 1 is 0.576 bits per heavy atom. The highest BCUT2D eigenvalue weighted by Crippen LogP contribution is 2.32. The van der Waals surface area contributed by atoms with Crippen molar-refractivity contribution < 1.29 is 10.2 Å². The Balaban J connectivity index is 2.07. The summed E-state index contributed by atoms with van der Waals surface area (Å²) in [7, 11) is 0. The van der Waals surface area contributed by atoms with Crippen LogP contribution in [0.5, 0.6) is 11.5 Å². The largest absolute Gasteiger partial charge is 0.507 e. The fourth-order valence-corrected chi connectivity index (χ4v) is 4.75. The zero-order valence-corrected chi connectivity index (χ0v) is 22.1. The van der Waals surface area contributed by atoms with Gasteiger partial charge in [-0.05, 0) is 84.7 Å². The molecule has 0 spiro atoms. The summed E-state index contributed by atoms with van der Waals surface area (Å²) in [4.78, 5) is 0. The minimum absolute atomic E-state index is 0.370. The van der Waals surface area contributed by atoms with E-state index in [4.69, 9.17) is 0 Å². The first kappa shape index (κ1) is 27.3. The molecule has 0 heterocycles. The number of hydrogen-bond donors (Lipinski definition) is 2. The van der Waals surface area contributed by atoms with Crippen molar-refractivity contribution in [3.63, 3.8) is 0 Å². The van der Waals surface area contributed by atoms with Gasteiger partial charge in [0.1, 0.15) is 11.5 Å². The van der Waals surface area contributed by atoms with Crippen LogP contribution in [-0.2, 0) is 19.3 Å². The van der Waals surface area contributed by atoms with Gasteiger partial charge in [0, 0.05) is 6.42 Å². The van der Waals surface area contributed by atoms with Crippen LogP contribution < -0.4 is 0 Å². The quantitative estimate of drug-likeness (QED) is 0.281. The number of rotatable bonds is 14. The lowest BCUT2D eigenvalue weighted by atomic mass is 9.93. The summed E-state index contributed by atoms with van der Waals surface area (Å²) in [5.41, 5.74) is 6.31. The second-order valence-electron chi connectivity index (χ2n) is 11.0. The molecule has 0 aliphatic rings. The molecule has 0 unspecified atom stereocenters. The van der Waals surface area contributed by atoms with Gasteiger partial charge in [-0.25, -0.2) is 0 Å². The van der Waals surface area contributed by atoms with Crippen molar-refractivity contribution in [2.75, 3.05) is 0 Å². The molecular weight excluding hydrogens is 404 g/mol. The van der Waals surface area contributed by atoms with Crippen molar-refractivity contribution in [1.29, 1.82) is 0 Å². The maximum Gasteiger partial charge on any atom is 0.122 e. The van der Waals surface area contributed by atoms with Gasteiger partial charge < -0.3 is 10.2 Å². The number of phenols is 2. The summed E-state index contributed by atoms with van der Waals surface area (Å²) in [5.74, 6) is 2.29. The number of benzene rings is 2. The van der Waals surface area contributed by atoms with Crippen molar-refractivity contribution >= 4 is 0 Å². The van der Waals surface area contributed by atoms with Crippen molar-refractivity contribution in [1.82, 2.24) is 0 Å². The topological polar surface area (TPSA) is 40.5 Å². The van der Waals surface area contributed by atoms with E-state index in [0.717, 1.165) is 46.9 Å². The van der Waals surface area contributed by atoms with Gasteiger partial charge in [-0.3, -0.25) is 0 Å². The lowest BCUT2D eigenvalue weighted by Crippen LogP contribution is -1.98. The van der Waals surface area contributed by atoms with Crippen LogP contribution in [0.1, 0.15) is 112 Å². The Morgan fingerprint density at radius 3 is 1.33 bits per heavy atom. The number of unbranched alkanes of at least 4 members (excludes halogenated alkanes) is 4. The lowest BCUT2D eigenvalue weighted by molar-refractivity contribution is 0.458. The van der Waals surface area contributed by atoms with Gasteiger partial charge >= 0.3 is 0 Å². The second-order valence-corrected chi connectivity index (χ2v) is 11.0. The SMILES string of the molecule is Cc1cc(CCCCCC(C)C)cc(Cc2cc(CCCCCC(C)C)cc(C)c2O)c1O. The van der Waals surface area contributed by atoms with E-state index in [1.165, 1.54) is 62.5 Å². The van der Waals surface area contributed by atoms with E-state index in [2.05, 4.69) is 52.0 Å². The van der Waals surface area contributed by atoms with Gasteiger partial charge in [-0.2, -0.15) is 0 Å². The average Bonchev–Trinajstić information content (AvgIpc) is 2.74. The highest BCUT2D eigenvalue weighted by Gasteiger charge is 2.13. The van der Waals surface area contributed by atoms with Crippen LogP contribution in [0.4, 0.5) is 0 Å². The highest BCUT2D eigenvalue weighted by atomic mass is 16.3. The molecule has 2 heteroatoms. The molecule has 2 N–H and O–H groups in total. The van der Waals surface area contributed by atoms with E-state index in [-0.39, 0.29) is 0 Å². The molecule has 0 bridgehead atoms. The van der Waals surface area contributed by atoms with Crippen LogP contribution in [0.15, 0.2) is 24.3 Å². The highest BCUT2D eigenvalue weighted by molar-refractivity contribution is 5.50. The van der Waals surface area contributed by atoms with Crippen LogP contribution in [0.25, 0.3) is 0 Å². The Morgan fingerprint density at radius 2 is 0.970 bits per heavy atom. The first-order chi connectivity index (χ1) is 15.7. The molecule has 0 saturated heterocycles. The minimum atomic E-state index is 0.370. The number of phenolic OH excluding ortho intramolecular Hbond substituents is 2. The smallest absolute Gasteiger partial charge is 0.122 e. The van der Waals surface area contributed by atoms with E-state index in [1.54, 1.807) is 0 Å². The molecule has 2 aromatic rings. The fraction of sp³-hybridized carbons (Fsp3) is 0.613. The Kier molecular flexibility index (Phi) is 11.3. The Hall–Kier alpha value is -1.96. The molecule has 184 valence electrons. The third-order valence-electron chi connectivity index (χ3n) is 6.75. The van der Waals surface area contributed by atoms with Crippen LogP contribution in [-0.4, -0.2) is 10.2 Å². The predicted molar refractivity (Wildman–Crippen MR) is 143 cm³/mol. The first-order valence-electron chi connectivity index (χ1n) is 13.3. The molecule has 2 aromatic carbocycles. The van der Waals surface area contributed by atoms with Crippen molar-refractivity contribution in [2.45, 2.75) is 112 Å². The molecule has 0 aromatic heterocycles.